The molecule has 3 aromatic rings. The van der Waals surface area contributed by atoms with E-state index in [1.807, 2.05) is 54.7 Å². The van der Waals surface area contributed by atoms with Crippen LogP contribution in [0.2, 0.25) is 0 Å². The van der Waals surface area contributed by atoms with E-state index in [-0.39, 0.29) is 0 Å². The van der Waals surface area contributed by atoms with Crippen molar-refractivity contribution in [1.82, 2.24) is 0 Å². The third-order valence-corrected chi connectivity index (χ3v) is 4.45. The van der Waals surface area contributed by atoms with Crippen LogP contribution < -0.4 is 4.74 Å². The Morgan fingerprint density at radius 2 is 1.65 bits per heavy atom. The fraction of sp³-hybridized carbons (Fsp3) is 0.0500. The molecule has 3 rings (SSSR count). The van der Waals surface area contributed by atoms with E-state index in [9.17, 15) is 0 Å². The summed E-state index contributed by atoms with van der Waals surface area (Å²) in [7, 11) is 1.68. The fourth-order valence-electron chi connectivity index (χ4n) is 2.35. The zero-order valence-corrected chi connectivity index (χ0v) is 14.9. The van der Waals surface area contributed by atoms with Crippen LogP contribution in [0.15, 0.2) is 77.8 Å². The Kier molecular flexibility index (Phi) is 5.08. The number of methoxy groups -OCH3 is 1. The van der Waals surface area contributed by atoms with Crippen LogP contribution in [0, 0.1) is 3.57 Å². The van der Waals surface area contributed by atoms with E-state index in [1.54, 1.807) is 7.11 Å². The second-order valence-corrected chi connectivity index (χ2v) is 6.19. The van der Waals surface area contributed by atoms with Crippen LogP contribution in [0.3, 0.4) is 0 Å². The molecule has 114 valence electrons. The second-order valence-electron chi connectivity index (χ2n) is 5.03. The van der Waals surface area contributed by atoms with Gasteiger partial charge in [-0.3, -0.25) is 4.99 Å². The Hall–Kier alpha value is -2.14. The normalized spacial score (nSPS) is 10.9. The molecule has 2 nitrogen and oxygen atoms in total. The van der Waals surface area contributed by atoms with E-state index in [1.165, 1.54) is 5.56 Å². The molecule has 0 aliphatic carbocycles. The van der Waals surface area contributed by atoms with E-state index >= 15 is 0 Å². The average molecular weight is 413 g/mol. The lowest BCUT2D eigenvalue weighted by Crippen LogP contribution is -1.91. The zero-order chi connectivity index (χ0) is 16.1. The molecule has 0 radical (unpaired) electrons. The number of aliphatic imine (C=N–C) groups is 1. The number of rotatable bonds is 4. The van der Waals surface area contributed by atoms with Crippen molar-refractivity contribution in [2.24, 2.45) is 4.99 Å². The Morgan fingerprint density at radius 3 is 2.39 bits per heavy atom. The number of hydrogen-bond donors (Lipinski definition) is 0. The molecule has 0 aliphatic rings. The predicted octanol–water partition coefficient (Wildman–Crippen LogP) is 5.72. The minimum atomic E-state index is 0.828. The van der Waals surface area contributed by atoms with Gasteiger partial charge in [-0.25, -0.2) is 0 Å². The predicted molar refractivity (Wildman–Crippen MR) is 105 cm³/mol. The Labute approximate surface area is 150 Å². The van der Waals surface area contributed by atoms with Crippen LogP contribution in [-0.4, -0.2) is 13.3 Å². The molecule has 0 saturated carbocycles. The minimum absolute atomic E-state index is 0.828. The van der Waals surface area contributed by atoms with Gasteiger partial charge in [0.25, 0.3) is 0 Å². The second kappa shape index (κ2) is 7.42. The molecule has 0 saturated heterocycles. The van der Waals surface area contributed by atoms with Gasteiger partial charge in [0, 0.05) is 15.3 Å². The van der Waals surface area contributed by atoms with Crippen LogP contribution in [0.25, 0.3) is 11.1 Å². The molecule has 0 aromatic heterocycles. The first-order valence-corrected chi connectivity index (χ1v) is 8.38. The van der Waals surface area contributed by atoms with Gasteiger partial charge in [-0.2, -0.15) is 0 Å². The van der Waals surface area contributed by atoms with E-state index in [0.717, 1.165) is 26.1 Å². The maximum absolute atomic E-state index is 5.36. The molecule has 0 N–H and O–H groups in total. The maximum atomic E-state index is 5.36. The van der Waals surface area contributed by atoms with Gasteiger partial charge in [0.1, 0.15) is 5.75 Å². The van der Waals surface area contributed by atoms with Gasteiger partial charge in [0.15, 0.2) is 0 Å². The van der Waals surface area contributed by atoms with E-state index in [0.29, 0.717) is 0 Å². The van der Waals surface area contributed by atoms with Crippen LogP contribution in [-0.2, 0) is 0 Å². The largest absolute Gasteiger partial charge is 0.497 e. The molecular weight excluding hydrogens is 397 g/mol. The Bertz CT molecular complexity index is 828. The summed E-state index contributed by atoms with van der Waals surface area (Å²) in [5, 5.41) is 0. The lowest BCUT2D eigenvalue weighted by atomic mass is 10.00. The topological polar surface area (TPSA) is 21.6 Å². The summed E-state index contributed by atoms with van der Waals surface area (Å²) in [6.45, 7) is 0. The third kappa shape index (κ3) is 3.79. The standard InChI is InChI=1S/C20H16INO/c1-23-17-11-12-18(15-7-3-2-4-8-15)16(13-17)14-22-20-10-6-5-9-19(20)21/h2-14H,1H3. The zero-order valence-electron chi connectivity index (χ0n) is 12.7. The Morgan fingerprint density at radius 1 is 0.913 bits per heavy atom. The van der Waals surface area contributed by atoms with Crippen molar-refractivity contribution in [1.29, 1.82) is 0 Å². The first kappa shape index (κ1) is 15.7. The van der Waals surface area contributed by atoms with Crippen molar-refractivity contribution >= 4 is 34.5 Å². The molecular formula is C20H16INO. The first-order chi connectivity index (χ1) is 11.3. The van der Waals surface area contributed by atoms with Gasteiger partial charge >= 0.3 is 0 Å². The molecule has 0 heterocycles. The maximum Gasteiger partial charge on any atom is 0.119 e. The minimum Gasteiger partial charge on any atom is -0.497 e. The van der Waals surface area contributed by atoms with Crippen LogP contribution >= 0.6 is 22.6 Å². The number of benzene rings is 3. The Balaban J connectivity index is 2.05. The highest BCUT2D eigenvalue weighted by Crippen LogP contribution is 2.27. The van der Waals surface area contributed by atoms with Gasteiger partial charge in [-0.05, 0) is 58.0 Å². The molecule has 0 atom stereocenters. The molecule has 23 heavy (non-hydrogen) atoms. The van der Waals surface area contributed by atoms with Crippen molar-refractivity contribution in [3.63, 3.8) is 0 Å². The summed E-state index contributed by atoms with van der Waals surface area (Å²) in [5.41, 5.74) is 4.31. The SMILES string of the molecule is COc1ccc(-c2ccccc2)c(C=Nc2ccccc2I)c1. The van der Waals surface area contributed by atoms with Gasteiger partial charge in [-0.15, -0.1) is 0 Å². The van der Waals surface area contributed by atoms with Crippen molar-refractivity contribution in [3.8, 4) is 16.9 Å². The number of ether oxygens (including phenoxy) is 1. The summed E-state index contributed by atoms with van der Waals surface area (Å²) in [6.07, 6.45) is 1.91. The highest BCUT2D eigenvalue weighted by molar-refractivity contribution is 14.1. The lowest BCUT2D eigenvalue weighted by Gasteiger charge is -2.09. The van der Waals surface area contributed by atoms with Crippen molar-refractivity contribution in [2.75, 3.05) is 7.11 Å². The summed E-state index contributed by atoms with van der Waals surface area (Å²) >= 11 is 2.30. The summed E-state index contributed by atoms with van der Waals surface area (Å²) in [4.78, 5) is 4.65. The van der Waals surface area contributed by atoms with Gasteiger partial charge in [0.2, 0.25) is 0 Å². The highest BCUT2D eigenvalue weighted by Gasteiger charge is 2.05. The summed E-state index contributed by atoms with van der Waals surface area (Å²) < 4.78 is 6.49. The van der Waals surface area contributed by atoms with Gasteiger partial charge in [0.05, 0.1) is 12.8 Å². The number of halogens is 1. The molecule has 3 aromatic carbocycles. The molecule has 0 spiro atoms. The molecule has 0 bridgehead atoms. The van der Waals surface area contributed by atoms with Gasteiger partial charge in [-0.1, -0.05) is 48.5 Å². The monoisotopic (exact) mass is 413 g/mol. The lowest BCUT2D eigenvalue weighted by molar-refractivity contribution is 0.415. The first-order valence-electron chi connectivity index (χ1n) is 7.30. The molecule has 3 heteroatoms. The summed E-state index contributed by atoms with van der Waals surface area (Å²) in [6, 6.07) is 24.5. The van der Waals surface area contributed by atoms with E-state index in [4.69, 9.17) is 4.74 Å². The summed E-state index contributed by atoms with van der Waals surface area (Å²) in [5.74, 6) is 0.828. The van der Waals surface area contributed by atoms with Crippen molar-refractivity contribution < 1.29 is 4.74 Å². The number of nitrogens with zero attached hydrogens (tertiary/aromatic N) is 1. The van der Waals surface area contributed by atoms with Crippen LogP contribution in [0.5, 0.6) is 5.75 Å². The number of para-hydroxylation sites is 1. The van der Waals surface area contributed by atoms with Crippen LogP contribution in [0.1, 0.15) is 5.56 Å². The molecule has 0 aliphatic heterocycles. The number of hydrogen-bond acceptors (Lipinski definition) is 2. The van der Waals surface area contributed by atoms with E-state index in [2.05, 4.69) is 51.8 Å². The van der Waals surface area contributed by atoms with E-state index < -0.39 is 0 Å². The molecule has 0 fully saturated rings. The van der Waals surface area contributed by atoms with Crippen molar-refractivity contribution in [2.45, 2.75) is 0 Å². The molecule has 0 unspecified atom stereocenters. The van der Waals surface area contributed by atoms with Crippen LogP contribution in [0.4, 0.5) is 5.69 Å². The quantitative estimate of drug-likeness (QED) is 0.396. The average Bonchev–Trinajstić information content (AvgIpc) is 2.61. The fourth-order valence-corrected chi connectivity index (χ4v) is 2.88. The van der Waals surface area contributed by atoms with Crippen molar-refractivity contribution in [3.05, 3.63) is 81.9 Å². The highest BCUT2D eigenvalue weighted by atomic mass is 127. The smallest absolute Gasteiger partial charge is 0.119 e. The molecule has 0 amide bonds. The van der Waals surface area contributed by atoms with Gasteiger partial charge < -0.3 is 4.74 Å². The third-order valence-electron chi connectivity index (χ3n) is 3.54.